The third-order valence-corrected chi connectivity index (χ3v) is 3.97. The normalized spacial score (nSPS) is 22.6. The lowest BCUT2D eigenvalue weighted by molar-refractivity contribution is 0.357. The van der Waals surface area contributed by atoms with Crippen molar-refractivity contribution in [3.8, 4) is 6.07 Å². The van der Waals surface area contributed by atoms with Gasteiger partial charge in [0.25, 0.3) is 0 Å². The zero-order chi connectivity index (χ0) is 14.5. The molecule has 1 aliphatic heterocycles. The number of piperidine rings is 1. The highest BCUT2D eigenvalue weighted by Gasteiger charge is 2.23. The van der Waals surface area contributed by atoms with Crippen molar-refractivity contribution in [1.29, 1.82) is 5.26 Å². The van der Waals surface area contributed by atoms with Crippen molar-refractivity contribution in [2.75, 3.05) is 24.5 Å². The van der Waals surface area contributed by atoms with Crippen LogP contribution in [0.3, 0.4) is 0 Å². The van der Waals surface area contributed by atoms with Gasteiger partial charge in [0.1, 0.15) is 6.07 Å². The Hall–Kier alpha value is -1.53. The average molecular weight is 271 g/mol. The van der Waals surface area contributed by atoms with Gasteiger partial charge in [-0.1, -0.05) is 26.8 Å². The summed E-state index contributed by atoms with van der Waals surface area (Å²) < 4.78 is 0. The Labute approximate surface area is 122 Å². The molecular weight excluding hydrogens is 246 g/mol. The molecule has 0 aromatic heterocycles. The largest absolute Gasteiger partial charge is 0.370 e. The third-order valence-electron chi connectivity index (χ3n) is 3.97. The summed E-state index contributed by atoms with van der Waals surface area (Å²) in [7, 11) is 0. The number of anilines is 1. The number of nitrogens with zero attached hydrogens (tertiary/aromatic N) is 2. The summed E-state index contributed by atoms with van der Waals surface area (Å²) in [5, 5.41) is 12.7. The lowest BCUT2D eigenvalue weighted by Gasteiger charge is -2.37. The Morgan fingerprint density at radius 2 is 2.00 bits per heavy atom. The van der Waals surface area contributed by atoms with Crippen LogP contribution in [0, 0.1) is 23.2 Å². The molecule has 0 bridgehead atoms. The smallest absolute Gasteiger partial charge is 0.101 e. The number of rotatable bonds is 4. The van der Waals surface area contributed by atoms with Gasteiger partial charge < -0.3 is 10.2 Å². The van der Waals surface area contributed by atoms with Crippen molar-refractivity contribution in [2.45, 2.75) is 33.7 Å². The molecule has 0 amide bonds. The van der Waals surface area contributed by atoms with Gasteiger partial charge >= 0.3 is 0 Å². The van der Waals surface area contributed by atoms with Crippen LogP contribution in [0.4, 0.5) is 5.69 Å². The van der Waals surface area contributed by atoms with E-state index in [0.29, 0.717) is 11.8 Å². The molecule has 108 valence electrons. The first-order chi connectivity index (χ1) is 9.63. The molecular formula is C17H25N3. The van der Waals surface area contributed by atoms with Crippen molar-refractivity contribution in [3.05, 3.63) is 29.3 Å². The molecule has 0 aliphatic carbocycles. The molecule has 20 heavy (non-hydrogen) atoms. The van der Waals surface area contributed by atoms with Crippen LogP contribution in [0.2, 0.25) is 0 Å². The molecule has 1 aliphatic rings. The van der Waals surface area contributed by atoms with E-state index < -0.39 is 0 Å². The molecule has 2 atom stereocenters. The number of nitriles is 1. The molecule has 1 aromatic carbocycles. The maximum Gasteiger partial charge on any atom is 0.101 e. The van der Waals surface area contributed by atoms with E-state index in [4.69, 9.17) is 0 Å². The van der Waals surface area contributed by atoms with Crippen LogP contribution in [-0.2, 0) is 6.54 Å². The zero-order valence-corrected chi connectivity index (χ0v) is 12.8. The quantitative estimate of drug-likeness (QED) is 0.914. The number of benzene rings is 1. The monoisotopic (exact) mass is 271 g/mol. The summed E-state index contributed by atoms with van der Waals surface area (Å²) in [5.41, 5.74) is 3.10. The van der Waals surface area contributed by atoms with Crippen molar-refractivity contribution in [3.63, 3.8) is 0 Å². The second kappa shape index (κ2) is 6.76. The SMILES string of the molecule is CCNCc1ccc(N2CC(C)CC(C)C2)c(C#N)c1. The zero-order valence-electron chi connectivity index (χ0n) is 12.8. The van der Waals surface area contributed by atoms with Crippen LogP contribution >= 0.6 is 0 Å². The predicted molar refractivity (Wildman–Crippen MR) is 83.7 cm³/mol. The molecule has 1 fully saturated rings. The topological polar surface area (TPSA) is 39.1 Å². The van der Waals surface area contributed by atoms with Crippen LogP contribution in [0.5, 0.6) is 0 Å². The minimum atomic E-state index is 0.701. The molecule has 0 spiro atoms. The lowest BCUT2D eigenvalue weighted by atomic mass is 9.91. The van der Waals surface area contributed by atoms with E-state index in [1.807, 2.05) is 6.07 Å². The summed E-state index contributed by atoms with van der Waals surface area (Å²) in [6.07, 6.45) is 1.29. The highest BCUT2D eigenvalue weighted by molar-refractivity contribution is 5.60. The van der Waals surface area contributed by atoms with Gasteiger partial charge in [-0.15, -0.1) is 0 Å². The molecule has 2 unspecified atom stereocenters. The standard InChI is InChI=1S/C17H25N3/c1-4-19-10-15-5-6-17(16(8-15)9-18)20-11-13(2)7-14(3)12-20/h5-6,8,13-14,19H,4,7,10-12H2,1-3H3. The van der Waals surface area contributed by atoms with Gasteiger partial charge in [-0.05, 0) is 42.5 Å². The molecule has 0 saturated carbocycles. The predicted octanol–water partition coefficient (Wildman–Crippen LogP) is 3.15. The first-order valence-corrected chi connectivity index (χ1v) is 7.62. The number of hydrogen-bond donors (Lipinski definition) is 1. The average Bonchev–Trinajstić information content (AvgIpc) is 2.43. The first-order valence-electron chi connectivity index (χ1n) is 7.62. The molecule has 1 saturated heterocycles. The molecule has 1 N–H and O–H groups in total. The van der Waals surface area contributed by atoms with Crippen LogP contribution in [0.15, 0.2) is 18.2 Å². The van der Waals surface area contributed by atoms with E-state index in [-0.39, 0.29) is 0 Å². The Kier molecular flexibility index (Phi) is 5.03. The van der Waals surface area contributed by atoms with E-state index in [9.17, 15) is 5.26 Å². The number of hydrogen-bond acceptors (Lipinski definition) is 3. The molecule has 0 radical (unpaired) electrons. The lowest BCUT2D eigenvalue weighted by Crippen LogP contribution is -2.39. The van der Waals surface area contributed by atoms with Crippen LogP contribution in [0.25, 0.3) is 0 Å². The van der Waals surface area contributed by atoms with Gasteiger partial charge in [-0.2, -0.15) is 5.26 Å². The Morgan fingerprint density at radius 3 is 2.60 bits per heavy atom. The second-order valence-electron chi connectivity index (χ2n) is 6.09. The van der Waals surface area contributed by atoms with Crippen LogP contribution in [-0.4, -0.2) is 19.6 Å². The summed E-state index contributed by atoms with van der Waals surface area (Å²) >= 11 is 0. The molecule has 2 rings (SSSR count). The van der Waals surface area contributed by atoms with E-state index >= 15 is 0 Å². The minimum Gasteiger partial charge on any atom is -0.370 e. The van der Waals surface area contributed by atoms with Crippen molar-refractivity contribution in [1.82, 2.24) is 5.32 Å². The summed E-state index contributed by atoms with van der Waals surface area (Å²) in [5.74, 6) is 1.40. The van der Waals surface area contributed by atoms with Crippen LogP contribution in [0.1, 0.15) is 38.3 Å². The highest BCUT2D eigenvalue weighted by atomic mass is 15.1. The van der Waals surface area contributed by atoms with Gasteiger partial charge in [0, 0.05) is 19.6 Å². The third kappa shape index (κ3) is 3.52. The van der Waals surface area contributed by atoms with Crippen LogP contribution < -0.4 is 10.2 Å². The van der Waals surface area contributed by atoms with Crippen molar-refractivity contribution in [2.24, 2.45) is 11.8 Å². The van der Waals surface area contributed by atoms with Crippen molar-refractivity contribution < 1.29 is 0 Å². The maximum atomic E-state index is 9.43. The van der Waals surface area contributed by atoms with Gasteiger partial charge in [-0.25, -0.2) is 0 Å². The van der Waals surface area contributed by atoms with E-state index in [0.717, 1.165) is 37.4 Å². The summed E-state index contributed by atoms with van der Waals surface area (Å²) in [4.78, 5) is 2.38. The fourth-order valence-electron chi connectivity index (χ4n) is 3.19. The fourth-order valence-corrected chi connectivity index (χ4v) is 3.19. The Morgan fingerprint density at radius 1 is 1.30 bits per heavy atom. The Balaban J connectivity index is 2.21. The van der Waals surface area contributed by atoms with Gasteiger partial charge in [0.15, 0.2) is 0 Å². The summed E-state index contributed by atoms with van der Waals surface area (Å²) in [6, 6.07) is 8.66. The van der Waals surface area contributed by atoms with Crippen molar-refractivity contribution >= 4 is 5.69 Å². The minimum absolute atomic E-state index is 0.701. The fraction of sp³-hybridized carbons (Fsp3) is 0.588. The van der Waals surface area contributed by atoms with Gasteiger partial charge in [0.05, 0.1) is 11.3 Å². The first kappa shape index (κ1) is 14.9. The van der Waals surface area contributed by atoms with E-state index in [2.05, 4.69) is 49.2 Å². The molecule has 1 aromatic rings. The van der Waals surface area contributed by atoms with E-state index in [1.165, 1.54) is 12.0 Å². The van der Waals surface area contributed by atoms with E-state index in [1.54, 1.807) is 0 Å². The molecule has 3 nitrogen and oxygen atoms in total. The van der Waals surface area contributed by atoms with Gasteiger partial charge in [-0.3, -0.25) is 0 Å². The Bertz CT molecular complexity index is 479. The maximum absolute atomic E-state index is 9.43. The summed E-state index contributed by atoms with van der Waals surface area (Å²) in [6.45, 7) is 10.6. The molecule has 1 heterocycles. The second-order valence-corrected chi connectivity index (χ2v) is 6.09. The molecule has 3 heteroatoms. The highest BCUT2D eigenvalue weighted by Crippen LogP contribution is 2.29. The van der Waals surface area contributed by atoms with Gasteiger partial charge in [0.2, 0.25) is 0 Å². The number of nitrogens with one attached hydrogen (secondary N) is 1.